The van der Waals surface area contributed by atoms with Gasteiger partial charge in [0.2, 0.25) is 0 Å². The number of carbonyl (C=O) groups excluding carboxylic acids is 1. The van der Waals surface area contributed by atoms with Crippen molar-refractivity contribution in [2.75, 3.05) is 46.7 Å². The summed E-state index contributed by atoms with van der Waals surface area (Å²) in [5.41, 5.74) is 1.42. The van der Waals surface area contributed by atoms with Crippen LogP contribution in [-0.4, -0.2) is 73.9 Å². The maximum absolute atomic E-state index is 14.0. The van der Waals surface area contributed by atoms with E-state index in [0.717, 1.165) is 29.3 Å². The number of benzene rings is 1. The summed E-state index contributed by atoms with van der Waals surface area (Å²) in [5, 5.41) is 1.01. The minimum atomic E-state index is -0.521. The Labute approximate surface area is 195 Å². The molecule has 3 rings (SSSR count). The van der Waals surface area contributed by atoms with Gasteiger partial charge in [0.25, 0.3) is 0 Å². The second-order valence-corrected chi connectivity index (χ2v) is 9.40. The highest BCUT2D eigenvalue weighted by atomic mass is 19.1. The average molecular weight is 465 g/mol. The van der Waals surface area contributed by atoms with E-state index in [9.17, 15) is 9.18 Å². The molecule has 0 saturated carbocycles. The molecule has 1 aliphatic heterocycles. The second kappa shape index (κ2) is 11.8. The molecule has 1 aromatic heterocycles. The van der Waals surface area contributed by atoms with Crippen LogP contribution in [0.2, 0.25) is 0 Å². The Kier molecular flexibility index (Phi) is 9.11. The summed E-state index contributed by atoms with van der Waals surface area (Å²) in [6, 6.07) is 4.95. The highest BCUT2D eigenvalue weighted by molar-refractivity contribution is 5.84. The first-order chi connectivity index (χ1) is 15.8. The van der Waals surface area contributed by atoms with Crippen LogP contribution in [0.3, 0.4) is 0 Å². The summed E-state index contributed by atoms with van der Waals surface area (Å²) < 4.78 is 37.7. The molecule has 1 saturated heterocycles. The number of methoxy groups -OCH3 is 1. The molecule has 7 nitrogen and oxygen atoms in total. The molecule has 2 aromatic rings. The number of fused-ring (bicyclic) bond motifs is 1. The van der Waals surface area contributed by atoms with E-state index in [1.165, 1.54) is 6.07 Å². The zero-order valence-electron chi connectivity index (χ0n) is 20.3. The van der Waals surface area contributed by atoms with Crippen molar-refractivity contribution in [3.05, 3.63) is 35.8 Å². The molecule has 0 N–H and O–H groups in total. The van der Waals surface area contributed by atoms with Gasteiger partial charge in [-0.1, -0.05) is 0 Å². The van der Waals surface area contributed by atoms with Crippen LogP contribution >= 0.6 is 0 Å². The van der Waals surface area contributed by atoms with Crippen molar-refractivity contribution in [2.45, 2.75) is 58.2 Å². The number of carbonyl (C=O) groups is 1. The van der Waals surface area contributed by atoms with Gasteiger partial charge >= 0.3 is 6.09 Å². The molecule has 1 aliphatic rings. The van der Waals surface area contributed by atoms with Crippen LogP contribution in [0.4, 0.5) is 9.18 Å². The third-order valence-electron chi connectivity index (χ3n) is 5.67. The minimum Gasteiger partial charge on any atom is -0.444 e. The predicted octanol–water partition coefficient (Wildman–Crippen LogP) is 4.40. The Bertz CT molecular complexity index is 908. The minimum absolute atomic E-state index is 0.0736. The molecule has 0 bridgehead atoms. The zero-order valence-corrected chi connectivity index (χ0v) is 20.3. The molecule has 1 unspecified atom stereocenters. The van der Waals surface area contributed by atoms with Crippen molar-refractivity contribution >= 4 is 17.0 Å². The number of hydrogen-bond donors (Lipinski definition) is 0. The lowest BCUT2D eigenvalue weighted by atomic mass is 10.0. The largest absolute Gasteiger partial charge is 0.444 e. The quantitative estimate of drug-likeness (QED) is 0.461. The van der Waals surface area contributed by atoms with Gasteiger partial charge in [-0.25, -0.2) is 9.18 Å². The summed E-state index contributed by atoms with van der Waals surface area (Å²) in [6.45, 7) is 9.58. The molecular formula is C25H37FN2O5. The fraction of sp³-hybridized carbons (Fsp3) is 0.640. The number of nitrogens with zero attached hydrogens (tertiary/aromatic N) is 2. The van der Waals surface area contributed by atoms with E-state index in [-0.39, 0.29) is 18.0 Å². The fourth-order valence-electron chi connectivity index (χ4n) is 4.18. The second-order valence-electron chi connectivity index (χ2n) is 9.40. The molecule has 0 spiro atoms. The number of hydrogen-bond acceptors (Lipinski definition) is 5. The number of aromatic nitrogens is 1. The van der Waals surface area contributed by atoms with Gasteiger partial charge in [0.15, 0.2) is 0 Å². The van der Waals surface area contributed by atoms with E-state index in [1.54, 1.807) is 13.2 Å². The average Bonchev–Trinajstić information content (AvgIpc) is 3.34. The number of halogens is 1. The summed E-state index contributed by atoms with van der Waals surface area (Å²) in [4.78, 5) is 14.5. The summed E-state index contributed by atoms with van der Waals surface area (Å²) in [5.74, 6) is -0.267. The lowest BCUT2D eigenvalue weighted by Crippen LogP contribution is -2.40. The van der Waals surface area contributed by atoms with Crippen LogP contribution in [0.5, 0.6) is 0 Å². The molecule has 2 heterocycles. The molecule has 1 amide bonds. The zero-order chi connectivity index (χ0) is 23.8. The Hall–Kier alpha value is -2.16. The first-order valence-corrected chi connectivity index (χ1v) is 11.7. The molecule has 1 fully saturated rings. The SMILES string of the molecule is COCCOCCOCCn1cc(CC2CCCN2C(=O)OC(C)(C)C)c2ccc(F)cc21. The summed E-state index contributed by atoms with van der Waals surface area (Å²) >= 11 is 0. The third kappa shape index (κ3) is 7.42. The molecule has 8 heteroatoms. The van der Waals surface area contributed by atoms with Gasteiger partial charge in [0, 0.05) is 37.8 Å². The van der Waals surface area contributed by atoms with Gasteiger partial charge in [0.1, 0.15) is 11.4 Å². The van der Waals surface area contributed by atoms with E-state index in [4.69, 9.17) is 18.9 Å². The van der Waals surface area contributed by atoms with Crippen molar-refractivity contribution in [2.24, 2.45) is 0 Å². The highest BCUT2D eigenvalue weighted by Crippen LogP contribution is 2.29. The highest BCUT2D eigenvalue weighted by Gasteiger charge is 2.32. The van der Waals surface area contributed by atoms with Crippen LogP contribution < -0.4 is 0 Å². The monoisotopic (exact) mass is 464 g/mol. The van der Waals surface area contributed by atoms with Gasteiger partial charge < -0.3 is 28.4 Å². The van der Waals surface area contributed by atoms with Crippen molar-refractivity contribution in [3.8, 4) is 0 Å². The van der Waals surface area contributed by atoms with E-state index in [2.05, 4.69) is 6.20 Å². The van der Waals surface area contributed by atoms with Crippen LogP contribution in [0.15, 0.2) is 24.4 Å². The number of likely N-dealkylation sites (tertiary alicyclic amines) is 1. The van der Waals surface area contributed by atoms with E-state index in [1.807, 2.05) is 36.3 Å². The first kappa shape index (κ1) is 25.5. The van der Waals surface area contributed by atoms with E-state index < -0.39 is 5.60 Å². The number of ether oxygens (including phenoxy) is 4. The summed E-state index contributed by atoms with van der Waals surface area (Å²) in [6.07, 6.45) is 4.40. The smallest absolute Gasteiger partial charge is 0.410 e. The number of rotatable bonds is 11. The fourth-order valence-corrected chi connectivity index (χ4v) is 4.18. The van der Waals surface area contributed by atoms with Crippen LogP contribution in [0, 0.1) is 5.82 Å². The van der Waals surface area contributed by atoms with Crippen LogP contribution in [-0.2, 0) is 31.9 Å². The van der Waals surface area contributed by atoms with Gasteiger partial charge in [-0.2, -0.15) is 0 Å². The molecule has 0 radical (unpaired) electrons. The van der Waals surface area contributed by atoms with Gasteiger partial charge in [-0.3, -0.25) is 0 Å². The lowest BCUT2D eigenvalue weighted by Gasteiger charge is -2.28. The van der Waals surface area contributed by atoms with Crippen LogP contribution in [0.1, 0.15) is 39.2 Å². The number of amides is 1. The van der Waals surface area contributed by atoms with E-state index in [0.29, 0.717) is 52.5 Å². The molecule has 184 valence electrons. The summed E-state index contributed by atoms with van der Waals surface area (Å²) in [7, 11) is 1.64. The van der Waals surface area contributed by atoms with Gasteiger partial charge in [0.05, 0.1) is 38.6 Å². The van der Waals surface area contributed by atoms with Crippen molar-refractivity contribution in [1.29, 1.82) is 0 Å². The van der Waals surface area contributed by atoms with E-state index >= 15 is 0 Å². The maximum Gasteiger partial charge on any atom is 0.410 e. The molecule has 1 aromatic carbocycles. The maximum atomic E-state index is 14.0. The van der Waals surface area contributed by atoms with Crippen LogP contribution in [0.25, 0.3) is 10.9 Å². The predicted molar refractivity (Wildman–Crippen MR) is 125 cm³/mol. The molecule has 33 heavy (non-hydrogen) atoms. The first-order valence-electron chi connectivity index (χ1n) is 11.7. The molecule has 0 aliphatic carbocycles. The Morgan fingerprint density at radius 3 is 2.58 bits per heavy atom. The topological polar surface area (TPSA) is 62.2 Å². The molecular weight excluding hydrogens is 427 g/mol. The van der Waals surface area contributed by atoms with Crippen molar-refractivity contribution < 1.29 is 28.1 Å². The Morgan fingerprint density at radius 2 is 1.85 bits per heavy atom. The van der Waals surface area contributed by atoms with Gasteiger partial charge in [-0.15, -0.1) is 0 Å². The van der Waals surface area contributed by atoms with Crippen molar-refractivity contribution in [1.82, 2.24) is 9.47 Å². The normalized spacial score (nSPS) is 16.6. The Morgan fingerprint density at radius 1 is 1.12 bits per heavy atom. The standard InChI is InChI=1S/C25H37FN2O5/c1-25(2,3)33-24(29)28-9-5-6-21(28)16-19-18-27(23-17-20(26)7-8-22(19)23)10-11-31-14-15-32-13-12-30-4/h7-8,17-18,21H,5-6,9-16H2,1-4H3. The molecule has 1 atom stereocenters. The van der Waals surface area contributed by atoms with Gasteiger partial charge in [-0.05, 0) is 63.8 Å². The third-order valence-corrected chi connectivity index (χ3v) is 5.67. The Balaban J connectivity index is 1.64. The lowest BCUT2D eigenvalue weighted by molar-refractivity contribution is 0.0226. The van der Waals surface area contributed by atoms with Crippen molar-refractivity contribution in [3.63, 3.8) is 0 Å².